The molecule has 0 fully saturated rings. The Morgan fingerprint density at radius 3 is 2.41 bits per heavy atom. The van der Waals surface area contributed by atoms with Gasteiger partial charge < -0.3 is 14.7 Å². The maximum Gasteiger partial charge on any atom is 0.335 e. The van der Waals surface area contributed by atoms with Gasteiger partial charge in [-0.15, -0.1) is 0 Å². The van der Waals surface area contributed by atoms with Crippen molar-refractivity contribution in [2.75, 3.05) is 38.9 Å². The summed E-state index contributed by atoms with van der Waals surface area (Å²) < 4.78 is 5.75. The van der Waals surface area contributed by atoms with Crippen LogP contribution >= 0.6 is 23.2 Å². The van der Waals surface area contributed by atoms with E-state index < -0.39 is 18.5 Å². The molecule has 0 bridgehead atoms. The lowest BCUT2D eigenvalue weighted by Gasteiger charge is -2.23. The highest BCUT2D eigenvalue weighted by Crippen LogP contribution is 2.36. The van der Waals surface area contributed by atoms with Crippen LogP contribution in [0.3, 0.4) is 0 Å². The van der Waals surface area contributed by atoms with Crippen LogP contribution in [-0.2, 0) is 9.63 Å². The first kappa shape index (κ1) is 23.8. The van der Waals surface area contributed by atoms with Crippen molar-refractivity contribution in [1.29, 1.82) is 0 Å². The van der Waals surface area contributed by atoms with Gasteiger partial charge in [0.2, 0.25) is 0 Å². The Labute approximate surface area is 195 Å². The highest BCUT2D eigenvalue weighted by molar-refractivity contribution is 6.39. The van der Waals surface area contributed by atoms with Crippen molar-refractivity contribution in [1.82, 2.24) is 4.90 Å². The van der Waals surface area contributed by atoms with Gasteiger partial charge in [0, 0.05) is 17.0 Å². The third-order valence-electron chi connectivity index (χ3n) is 4.50. The van der Waals surface area contributed by atoms with Gasteiger partial charge in [0.15, 0.2) is 6.61 Å². The topological polar surface area (TPSA) is 79.3 Å². The van der Waals surface area contributed by atoms with E-state index in [0.717, 1.165) is 0 Å². The molecule has 1 amide bonds. The van der Waals surface area contributed by atoms with E-state index >= 15 is 0 Å². The minimum Gasteiger partial charge on any atom is -0.483 e. The summed E-state index contributed by atoms with van der Waals surface area (Å²) in [6, 6.07) is 14.8. The predicted octanol–water partition coefficient (Wildman–Crippen LogP) is 4.75. The molecule has 0 heterocycles. The van der Waals surface area contributed by atoms with Crippen LogP contribution < -0.4 is 9.80 Å². The van der Waals surface area contributed by atoms with E-state index in [1.807, 2.05) is 25.1 Å². The number of amides is 1. The van der Waals surface area contributed by atoms with Crippen LogP contribution in [0.15, 0.2) is 54.6 Å². The number of anilines is 1. The van der Waals surface area contributed by atoms with Crippen LogP contribution in [0.4, 0.5) is 5.69 Å². The summed E-state index contributed by atoms with van der Waals surface area (Å²) >= 11 is 12.4. The Morgan fingerprint density at radius 2 is 1.75 bits per heavy atom. The first-order valence-corrected chi connectivity index (χ1v) is 10.5. The molecule has 1 N–H and O–H groups in total. The maximum atomic E-state index is 13.0. The van der Waals surface area contributed by atoms with Crippen molar-refractivity contribution < 1.29 is 24.3 Å². The lowest BCUT2D eigenvalue weighted by Crippen LogP contribution is -2.37. The summed E-state index contributed by atoms with van der Waals surface area (Å²) in [4.78, 5) is 32.2. The lowest BCUT2D eigenvalue weighted by atomic mass is 10.1. The maximum absolute atomic E-state index is 13.0. The standard InChI is InChI=1S/C23H22Cl2N2O5/c1-26(2)8-9-32-27(18-6-4-3-5-7-18)21(28)14-31-20-12-16(23(29)30)10-15-11-17(24)13-19(25)22(15)20/h3-7,10-13H,8-9,14H2,1-2H3,(H,29,30). The average Bonchev–Trinajstić information content (AvgIpc) is 2.74. The monoisotopic (exact) mass is 476 g/mol. The van der Waals surface area contributed by atoms with Gasteiger partial charge in [0.25, 0.3) is 5.91 Å². The molecule has 0 atom stereocenters. The largest absolute Gasteiger partial charge is 0.483 e. The molecule has 0 spiro atoms. The van der Waals surface area contributed by atoms with Crippen LogP contribution in [0.2, 0.25) is 10.0 Å². The van der Waals surface area contributed by atoms with Crippen molar-refractivity contribution in [3.8, 4) is 5.75 Å². The van der Waals surface area contributed by atoms with Gasteiger partial charge in [-0.3, -0.25) is 9.63 Å². The third-order valence-corrected chi connectivity index (χ3v) is 5.02. The summed E-state index contributed by atoms with van der Waals surface area (Å²) in [6.45, 7) is 0.502. The second kappa shape index (κ2) is 10.7. The summed E-state index contributed by atoms with van der Waals surface area (Å²) in [5.74, 6) is -1.44. The van der Waals surface area contributed by atoms with E-state index in [1.165, 1.54) is 23.3 Å². The van der Waals surface area contributed by atoms with Crippen molar-refractivity contribution in [3.05, 3.63) is 70.2 Å². The number of benzene rings is 3. The lowest BCUT2D eigenvalue weighted by molar-refractivity contribution is -0.128. The number of nitrogens with zero attached hydrogens (tertiary/aromatic N) is 2. The molecule has 168 valence electrons. The molecule has 9 heteroatoms. The predicted molar refractivity (Wildman–Crippen MR) is 125 cm³/mol. The normalized spacial score (nSPS) is 11.0. The molecule has 7 nitrogen and oxygen atoms in total. The van der Waals surface area contributed by atoms with Gasteiger partial charge in [-0.1, -0.05) is 41.4 Å². The van der Waals surface area contributed by atoms with E-state index in [2.05, 4.69) is 0 Å². The number of carboxylic acid groups (broad SMARTS) is 1. The number of fused-ring (bicyclic) bond motifs is 1. The summed E-state index contributed by atoms with van der Waals surface area (Å²) in [6.07, 6.45) is 0. The molecule has 0 unspecified atom stereocenters. The number of carbonyl (C=O) groups excluding carboxylic acids is 1. The minimum absolute atomic E-state index is 0.0135. The van der Waals surface area contributed by atoms with Crippen LogP contribution in [0, 0.1) is 0 Å². The van der Waals surface area contributed by atoms with Crippen LogP contribution in [-0.4, -0.2) is 55.7 Å². The van der Waals surface area contributed by atoms with Crippen LogP contribution in [0.5, 0.6) is 5.75 Å². The molecular weight excluding hydrogens is 455 g/mol. The number of hydroxylamine groups is 1. The molecule has 3 aromatic rings. The zero-order valence-corrected chi connectivity index (χ0v) is 19.1. The van der Waals surface area contributed by atoms with Gasteiger partial charge in [0.1, 0.15) is 5.75 Å². The summed E-state index contributed by atoms with van der Waals surface area (Å²) in [5, 5.41) is 12.2. The fraction of sp³-hybridized carbons (Fsp3) is 0.217. The summed E-state index contributed by atoms with van der Waals surface area (Å²) in [5.41, 5.74) is 0.536. The van der Waals surface area contributed by atoms with Crippen LogP contribution in [0.25, 0.3) is 10.8 Å². The highest BCUT2D eigenvalue weighted by Gasteiger charge is 2.20. The number of carbonyl (C=O) groups is 2. The minimum atomic E-state index is -1.14. The van der Waals surface area contributed by atoms with Crippen molar-refractivity contribution >= 4 is 51.5 Å². The second-order valence-electron chi connectivity index (χ2n) is 7.21. The zero-order valence-electron chi connectivity index (χ0n) is 17.5. The number of likely N-dealkylation sites (N-methyl/N-ethyl adjacent to an activating group) is 1. The van der Waals surface area contributed by atoms with Crippen molar-refractivity contribution in [2.45, 2.75) is 0 Å². The van der Waals surface area contributed by atoms with Crippen molar-refractivity contribution in [3.63, 3.8) is 0 Å². The number of aromatic carboxylic acids is 1. The Bertz CT molecular complexity index is 1120. The number of para-hydroxylation sites is 1. The van der Waals surface area contributed by atoms with Gasteiger partial charge in [-0.05, 0) is 55.9 Å². The van der Waals surface area contributed by atoms with Crippen molar-refractivity contribution in [2.24, 2.45) is 0 Å². The quantitative estimate of drug-likeness (QED) is 0.448. The van der Waals surface area contributed by atoms with Gasteiger partial charge in [-0.25, -0.2) is 4.79 Å². The Kier molecular flexibility index (Phi) is 7.93. The third kappa shape index (κ3) is 5.89. The number of hydrogen-bond donors (Lipinski definition) is 1. The molecule has 3 rings (SSSR count). The zero-order chi connectivity index (χ0) is 23.3. The fourth-order valence-corrected chi connectivity index (χ4v) is 3.60. The van der Waals surface area contributed by atoms with E-state index in [0.29, 0.717) is 28.0 Å². The number of rotatable bonds is 9. The molecule has 0 aliphatic carbocycles. The molecule has 3 aromatic carbocycles. The van der Waals surface area contributed by atoms with Gasteiger partial charge in [-0.2, -0.15) is 5.06 Å². The summed E-state index contributed by atoms with van der Waals surface area (Å²) in [7, 11) is 3.80. The molecule has 0 saturated carbocycles. The Hall–Kier alpha value is -2.84. The molecule has 0 aromatic heterocycles. The molecule has 0 saturated heterocycles. The molecule has 32 heavy (non-hydrogen) atoms. The molecule has 0 aliphatic heterocycles. The van der Waals surface area contributed by atoms with E-state index in [1.54, 1.807) is 30.3 Å². The smallest absolute Gasteiger partial charge is 0.335 e. The first-order chi connectivity index (χ1) is 15.3. The number of halogens is 2. The Balaban J connectivity index is 1.87. The van der Waals surface area contributed by atoms with Crippen LogP contribution in [0.1, 0.15) is 10.4 Å². The molecule has 0 aliphatic rings. The second-order valence-corrected chi connectivity index (χ2v) is 8.06. The molecular formula is C23H22Cl2N2O5. The van der Waals surface area contributed by atoms with Gasteiger partial charge >= 0.3 is 5.97 Å². The number of hydrogen-bond acceptors (Lipinski definition) is 5. The fourth-order valence-electron chi connectivity index (χ4n) is 2.99. The highest BCUT2D eigenvalue weighted by atomic mass is 35.5. The van der Waals surface area contributed by atoms with Gasteiger partial charge in [0.05, 0.1) is 22.9 Å². The number of carboxylic acids is 1. The van der Waals surface area contributed by atoms with E-state index in [4.69, 9.17) is 32.8 Å². The number of ether oxygens (including phenoxy) is 1. The average molecular weight is 477 g/mol. The van der Waals surface area contributed by atoms with E-state index in [-0.39, 0.29) is 22.9 Å². The Morgan fingerprint density at radius 1 is 1.03 bits per heavy atom. The first-order valence-electron chi connectivity index (χ1n) is 9.71. The van der Waals surface area contributed by atoms with E-state index in [9.17, 15) is 14.7 Å². The SMILES string of the molecule is CN(C)CCON(C(=O)COc1cc(C(=O)O)cc2cc(Cl)cc(Cl)c12)c1ccccc1. The molecule has 0 radical (unpaired) electrons.